The molecular formula is C29H30ClF4N3O4S. The second-order valence-corrected chi connectivity index (χ2v) is 12.0. The van der Waals surface area contributed by atoms with Crippen LogP contribution in [0.25, 0.3) is 0 Å². The van der Waals surface area contributed by atoms with Crippen molar-refractivity contribution in [1.29, 1.82) is 0 Å². The first kappa shape index (κ1) is 32.9. The molecule has 3 aromatic rings. The Bertz CT molecular complexity index is 1500. The number of hydrogen-bond acceptors (Lipinski definition) is 4. The van der Waals surface area contributed by atoms with Crippen LogP contribution in [0.2, 0.25) is 5.02 Å². The molecule has 0 aliphatic carbocycles. The molecule has 0 spiro atoms. The molecule has 7 nitrogen and oxygen atoms in total. The summed E-state index contributed by atoms with van der Waals surface area (Å²) in [6.45, 7) is 3.97. The smallest absolute Gasteiger partial charge is 0.352 e. The predicted octanol–water partition coefficient (Wildman–Crippen LogP) is 6.03. The first-order valence-corrected chi connectivity index (χ1v) is 14.8. The van der Waals surface area contributed by atoms with Gasteiger partial charge in [-0.05, 0) is 68.3 Å². The van der Waals surface area contributed by atoms with Gasteiger partial charge in [-0.15, -0.1) is 0 Å². The number of sulfonamides is 1. The van der Waals surface area contributed by atoms with E-state index in [1.807, 2.05) is 0 Å². The lowest BCUT2D eigenvalue weighted by Gasteiger charge is -2.33. The highest BCUT2D eigenvalue weighted by Gasteiger charge is 2.37. The van der Waals surface area contributed by atoms with E-state index in [0.29, 0.717) is 15.9 Å². The molecule has 42 heavy (non-hydrogen) atoms. The molecule has 0 saturated carbocycles. The number of nitrogens with one attached hydrogen (secondary N) is 1. The standard InChI is InChI=1S/C29H30ClF4N3O4S/c1-4-26(28(39)35-19(2)3)36(17-20-10-12-21(31)13-11-20)27(38)18-37(42(40,41)23-8-6-5-7-9-23)22-14-15-25(30)24(16-22)29(32,33)34/h5-16,19,26H,4,17-18H2,1-3H3,(H,35,39)/t26-/m0/s1. The van der Waals surface area contributed by atoms with Gasteiger partial charge in [-0.25, -0.2) is 12.8 Å². The Hall–Kier alpha value is -3.64. The van der Waals surface area contributed by atoms with Crippen molar-refractivity contribution in [2.45, 2.75) is 56.9 Å². The van der Waals surface area contributed by atoms with E-state index in [2.05, 4.69) is 5.32 Å². The van der Waals surface area contributed by atoms with Crippen LogP contribution in [-0.4, -0.2) is 43.8 Å². The van der Waals surface area contributed by atoms with Gasteiger partial charge in [0.05, 0.1) is 21.2 Å². The molecule has 3 aromatic carbocycles. The molecule has 0 aliphatic heterocycles. The van der Waals surface area contributed by atoms with Crippen molar-refractivity contribution < 1.29 is 35.6 Å². The highest BCUT2D eigenvalue weighted by molar-refractivity contribution is 7.92. The Labute approximate surface area is 247 Å². The summed E-state index contributed by atoms with van der Waals surface area (Å²) in [6.07, 6.45) is -4.77. The minimum Gasteiger partial charge on any atom is -0.352 e. The Balaban J connectivity index is 2.13. The average molecular weight is 628 g/mol. The molecule has 2 amide bonds. The third kappa shape index (κ3) is 8.01. The van der Waals surface area contributed by atoms with Crippen molar-refractivity contribution >= 4 is 39.1 Å². The van der Waals surface area contributed by atoms with Crippen LogP contribution in [0.5, 0.6) is 0 Å². The summed E-state index contributed by atoms with van der Waals surface area (Å²) in [5.74, 6) is -1.90. The number of alkyl halides is 3. The Morgan fingerprint density at radius 2 is 1.60 bits per heavy atom. The van der Waals surface area contributed by atoms with Crippen LogP contribution < -0.4 is 9.62 Å². The quantitative estimate of drug-likeness (QED) is 0.263. The molecule has 1 atom stereocenters. The van der Waals surface area contributed by atoms with Crippen LogP contribution in [0.1, 0.15) is 38.3 Å². The topological polar surface area (TPSA) is 86.8 Å². The molecule has 13 heteroatoms. The van der Waals surface area contributed by atoms with E-state index in [-0.39, 0.29) is 23.9 Å². The molecule has 1 N–H and O–H groups in total. The second-order valence-electron chi connectivity index (χ2n) is 9.72. The number of amides is 2. The summed E-state index contributed by atoms with van der Waals surface area (Å²) in [6, 6.07) is 13.3. The molecule has 0 saturated heterocycles. The van der Waals surface area contributed by atoms with Gasteiger partial charge in [-0.1, -0.05) is 48.9 Å². The number of nitrogens with zero attached hydrogens (tertiary/aromatic N) is 2. The zero-order valence-electron chi connectivity index (χ0n) is 23.0. The SMILES string of the molecule is CC[C@@H](C(=O)NC(C)C)N(Cc1ccc(F)cc1)C(=O)CN(c1ccc(Cl)c(C(F)(F)F)c1)S(=O)(=O)c1ccccc1. The second kappa shape index (κ2) is 13.6. The maximum atomic E-state index is 13.9. The third-order valence-electron chi connectivity index (χ3n) is 6.24. The van der Waals surface area contributed by atoms with Crippen LogP contribution in [-0.2, 0) is 32.3 Å². The summed E-state index contributed by atoms with van der Waals surface area (Å²) in [5, 5.41) is 2.08. The molecule has 0 aromatic heterocycles. The van der Waals surface area contributed by atoms with Crippen LogP contribution in [0.4, 0.5) is 23.2 Å². The average Bonchev–Trinajstić information content (AvgIpc) is 2.92. The summed E-state index contributed by atoms with van der Waals surface area (Å²) in [5.41, 5.74) is -1.29. The monoisotopic (exact) mass is 627 g/mol. The van der Waals surface area contributed by atoms with Crippen molar-refractivity contribution in [2.75, 3.05) is 10.8 Å². The van der Waals surface area contributed by atoms with Gasteiger partial charge in [0.2, 0.25) is 11.8 Å². The Morgan fingerprint density at radius 1 is 0.976 bits per heavy atom. The van der Waals surface area contributed by atoms with Crippen molar-refractivity contribution in [1.82, 2.24) is 10.2 Å². The Kier molecular flexibility index (Phi) is 10.6. The number of rotatable bonds is 11. The van der Waals surface area contributed by atoms with Gasteiger partial charge in [0.15, 0.2) is 0 Å². The minimum atomic E-state index is -4.91. The predicted molar refractivity (Wildman–Crippen MR) is 152 cm³/mol. The van der Waals surface area contributed by atoms with E-state index in [4.69, 9.17) is 11.6 Å². The van der Waals surface area contributed by atoms with E-state index in [0.717, 1.165) is 17.0 Å². The first-order chi connectivity index (χ1) is 19.6. The van der Waals surface area contributed by atoms with Gasteiger partial charge in [0.1, 0.15) is 18.4 Å². The van der Waals surface area contributed by atoms with Crippen molar-refractivity contribution in [2.24, 2.45) is 0 Å². The van der Waals surface area contributed by atoms with Crippen LogP contribution in [0, 0.1) is 5.82 Å². The molecule has 0 unspecified atom stereocenters. The Morgan fingerprint density at radius 3 is 2.14 bits per heavy atom. The molecular weight excluding hydrogens is 598 g/mol. The molecule has 0 heterocycles. The molecule has 0 bridgehead atoms. The number of benzene rings is 3. The minimum absolute atomic E-state index is 0.135. The number of carbonyl (C=O) groups excluding carboxylic acids is 2. The van der Waals surface area contributed by atoms with Gasteiger partial charge in [-0.2, -0.15) is 13.2 Å². The molecule has 0 fully saturated rings. The zero-order chi connectivity index (χ0) is 31.2. The van der Waals surface area contributed by atoms with Crippen LogP contribution in [0.15, 0.2) is 77.7 Å². The fourth-order valence-corrected chi connectivity index (χ4v) is 5.87. The van der Waals surface area contributed by atoms with Crippen LogP contribution >= 0.6 is 11.6 Å². The van der Waals surface area contributed by atoms with Gasteiger partial charge < -0.3 is 10.2 Å². The fourth-order valence-electron chi connectivity index (χ4n) is 4.22. The lowest BCUT2D eigenvalue weighted by atomic mass is 10.1. The highest BCUT2D eigenvalue weighted by Crippen LogP contribution is 2.38. The zero-order valence-corrected chi connectivity index (χ0v) is 24.6. The largest absolute Gasteiger partial charge is 0.417 e. The molecule has 0 radical (unpaired) electrons. The van der Waals surface area contributed by atoms with Gasteiger partial charge >= 0.3 is 6.18 Å². The van der Waals surface area contributed by atoms with E-state index in [1.54, 1.807) is 26.8 Å². The van der Waals surface area contributed by atoms with E-state index in [1.165, 1.54) is 48.5 Å². The van der Waals surface area contributed by atoms with Crippen molar-refractivity contribution in [3.05, 3.63) is 94.8 Å². The molecule has 0 aliphatic rings. The maximum Gasteiger partial charge on any atom is 0.417 e. The lowest BCUT2D eigenvalue weighted by molar-refractivity contribution is -0.140. The highest BCUT2D eigenvalue weighted by atomic mass is 35.5. The molecule has 226 valence electrons. The summed E-state index contributed by atoms with van der Waals surface area (Å²) in [4.78, 5) is 27.9. The normalized spacial score (nSPS) is 12.6. The van der Waals surface area contributed by atoms with Gasteiger partial charge in [-0.3, -0.25) is 13.9 Å². The van der Waals surface area contributed by atoms with Crippen LogP contribution in [0.3, 0.4) is 0 Å². The number of carbonyl (C=O) groups is 2. The molecule has 3 rings (SSSR count). The number of halogens is 5. The first-order valence-electron chi connectivity index (χ1n) is 12.9. The van der Waals surface area contributed by atoms with Crippen molar-refractivity contribution in [3.63, 3.8) is 0 Å². The maximum absolute atomic E-state index is 13.9. The summed E-state index contributed by atoms with van der Waals surface area (Å²) < 4.78 is 82.8. The van der Waals surface area contributed by atoms with Gasteiger partial charge in [0, 0.05) is 12.6 Å². The van der Waals surface area contributed by atoms with E-state index in [9.17, 15) is 35.6 Å². The lowest BCUT2D eigenvalue weighted by Crippen LogP contribution is -2.53. The summed E-state index contributed by atoms with van der Waals surface area (Å²) in [7, 11) is -4.58. The number of anilines is 1. The van der Waals surface area contributed by atoms with E-state index < -0.39 is 62.7 Å². The van der Waals surface area contributed by atoms with Crippen molar-refractivity contribution in [3.8, 4) is 0 Å². The summed E-state index contributed by atoms with van der Waals surface area (Å²) >= 11 is 5.78. The van der Waals surface area contributed by atoms with Gasteiger partial charge in [0.25, 0.3) is 10.0 Å². The number of hydrogen-bond donors (Lipinski definition) is 1. The fraction of sp³-hybridized carbons (Fsp3) is 0.310. The third-order valence-corrected chi connectivity index (χ3v) is 8.35. The van der Waals surface area contributed by atoms with E-state index >= 15 is 0 Å².